The lowest BCUT2D eigenvalue weighted by molar-refractivity contribution is -0.0451. The number of aliphatic hydroxyl groups excluding tert-OH is 1. The zero-order chi connectivity index (χ0) is 28.1. The van der Waals surface area contributed by atoms with Crippen LogP contribution in [0.15, 0.2) is 73.2 Å². The first kappa shape index (κ1) is 26.2. The van der Waals surface area contributed by atoms with E-state index in [0.717, 1.165) is 38.9 Å². The Bertz CT molecular complexity index is 1810. The predicted octanol–water partition coefficient (Wildman–Crippen LogP) is 5.04. The smallest absolute Gasteiger partial charge is 0.396 e. The zero-order valence-electron chi connectivity index (χ0n) is 21.0. The van der Waals surface area contributed by atoms with Crippen LogP contribution < -0.4 is 4.72 Å². The summed E-state index contributed by atoms with van der Waals surface area (Å²) in [5.41, 5.74) is 1.61. The van der Waals surface area contributed by atoms with Crippen LogP contribution in [-0.4, -0.2) is 45.4 Å². The first-order valence-electron chi connectivity index (χ1n) is 12.6. The molecule has 3 heterocycles. The number of fused-ring (bicyclic) bond motifs is 2. The molecule has 3 aromatic heterocycles. The molecule has 40 heavy (non-hydrogen) atoms. The van der Waals surface area contributed by atoms with E-state index >= 15 is 0 Å². The van der Waals surface area contributed by atoms with Crippen molar-refractivity contribution in [3.63, 3.8) is 0 Å². The number of aryl methyl sites for hydroxylation is 1. The van der Waals surface area contributed by atoms with Gasteiger partial charge in [0.25, 0.3) is 0 Å². The van der Waals surface area contributed by atoms with Gasteiger partial charge in [0.05, 0.1) is 5.69 Å². The maximum Gasteiger partial charge on any atom is 0.511 e. The maximum atomic E-state index is 13.0. The average molecular weight is 568 g/mol. The van der Waals surface area contributed by atoms with Crippen LogP contribution >= 0.6 is 0 Å². The summed E-state index contributed by atoms with van der Waals surface area (Å²) in [4.78, 5) is 7.49. The minimum atomic E-state index is -5.46. The van der Waals surface area contributed by atoms with E-state index in [1.807, 2.05) is 53.4 Å². The third-order valence-electron chi connectivity index (χ3n) is 7.16. The van der Waals surface area contributed by atoms with E-state index in [2.05, 4.69) is 9.97 Å². The highest BCUT2D eigenvalue weighted by molar-refractivity contribution is 7.90. The molecule has 0 saturated heterocycles. The molecule has 8 nitrogen and oxygen atoms in total. The van der Waals surface area contributed by atoms with Crippen LogP contribution in [0.1, 0.15) is 29.2 Å². The molecule has 0 bridgehead atoms. The first-order chi connectivity index (χ1) is 19.1. The van der Waals surface area contributed by atoms with Gasteiger partial charge >= 0.3 is 15.5 Å². The molecule has 0 radical (unpaired) electrons. The van der Waals surface area contributed by atoms with E-state index in [-0.39, 0.29) is 13.0 Å². The summed E-state index contributed by atoms with van der Waals surface area (Å²) >= 11 is 0. The van der Waals surface area contributed by atoms with Gasteiger partial charge in [-0.15, -0.1) is 0 Å². The first-order valence-corrected chi connectivity index (χ1v) is 14.1. The molecule has 0 aliphatic heterocycles. The number of rotatable bonds is 7. The van der Waals surface area contributed by atoms with Gasteiger partial charge in [-0.3, -0.25) is 0 Å². The molecule has 5 aromatic rings. The summed E-state index contributed by atoms with van der Waals surface area (Å²) < 4.78 is 65.9. The molecule has 2 aromatic carbocycles. The van der Waals surface area contributed by atoms with Crippen LogP contribution in [0.4, 0.5) is 13.2 Å². The van der Waals surface area contributed by atoms with Gasteiger partial charge in [-0.1, -0.05) is 30.3 Å². The number of pyridine rings is 1. The number of nitrogens with zero attached hydrogens (tertiary/aromatic N) is 3. The number of hydrogen-bond acceptors (Lipinski definition) is 5. The Kier molecular flexibility index (Phi) is 6.48. The fourth-order valence-electron chi connectivity index (χ4n) is 5.19. The fourth-order valence-corrected chi connectivity index (χ4v) is 5.94. The van der Waals surface area contributed by atoms with Crippen molar-refractivity contribution in [1.82, 2.24) is 24.5 Å². The fraction of sp³-hybridized carbons (Fsp3) is 0.214. The topological polar surface area (TPSA) is 113 Å². The minimum Gasteiger partial charge on any atom is -0.396 e. The number of halogens is 3. The number of H-pyrrole nitrogens is 1. The van der Waals surface area contributed by atoms with Gasteiger partial charge in [0.15, 0.2) is 0 Å². The summed E-state index contributed by atoms with van der Waals surface area (Å²) in [7, 11) is -5.46. The largest absolute Gasteiger partial charge is 0.511 e. The van der Waals surface area contributed by atoms with Gasteiger partial charge in [-0.05, 0) is 65.8 Å². The van der Waals surface area contributed by atoms with Crippen molar-refractivity contribution in [3.05, 3.63) is 89.9 Å². The zero-order valence-corrected chi connectivity index (χ0v) is 21.8. The second-order valence-corrected chi connectivity index (χ2v) is 11.4. The van der Waals surface area contributed by atoms with Crippen LogP contribution in [0.5, 0.6) is 0 Å². The van der Waals surface area contributed by atoms with Gasteiger partial charge in [-0.25, -0.2) is 18.1 Å². The van der Waals surface area contributed by atoms with Gasteiger partial charge < -0.3 is 10.1 Å². The standard InChI is InChI=1S/C28H24F3N5O3S/c29-28(30,31)40(38,39)35-25-8-4-18-15-19(3-7-21(18)25)24-16-36(20-5-1-17(2-6-20)11-14-37)34-26(24)22-9-12-32-27-23(22)10-13-33-27/h1-3,5-7,9-10,12-13,15-16,25,35,37H,4,8,11,14H2,(H,32,33). The molecular weight excluding hydrogens is 543 g/mol. The monoisotopic (exact) mass is 567 g/mol. The Hall–Kier alpha value is -4.00. The molecule has 6 rings (SSSR count). The van der Waals surface area contributed by atoms with Crippen LogP contribution in [0.3, 0.4) is 0 Å². The molecule has 1 atom stereocenters. The van der Waals surface area contributed by atoms with E-state index in [4.69, 9.17) is 5.10 Å². The molecule has 1 unspecified atom stereocenters. The Labute approximate surface area is 227 Å². The lowest BCUT2D eigenvalue weighted by atomic mass is 9.97. The highest BCUT2D eigenvalue weighted by Gasteiger charge is 2.47. The van der Waals surface area contributed by atoms with Crippen molar-refractivity contribution in [2.24, 2.45) is 0 Å². The molecule has 3 N–H and O–H groups in total. The molecule has 206 valence electrons. The van der Waals surface area contributed by atoms with Gasteiger partial charge in [0.1, 0.15) is 11.3 Å². The molecule has 0 saturated carbocycles. The molecular formula is C28H24F3N5O3S. The second kappa shape index (κ2) is 9.88. The molecule has 0 fully saturated rings. The average Bonchev–Trinajstić information content (AvgIpc) is 3.67. The van der Waals surface area contributed by atoms with Crippen molar-refractivity contribution in [1.29, 1.82) is 0 Å². The third-order valence-corrected chi connectivity index (χ3v) is 8.37. The Morgan fingerprint density at radius 3 is 2.62 bits per heavy atom. The summed E-state index contributed by atoms with van der Waals surface area (Å²) in [5.74, 6) is 0. The summed E-state index contributed by atoms with van der Waals surface area (Å²) in [6.45, 7) is 0.0565. The van der Waals surface area contributed by atoms with Crippen LogP contribution in [0.25, 0.3) is 39.1 Å². The molecule has 0 spiro atoms. The Balaban J connectivity index is 1.43. The highest BCUT2D eigenvalue weighted by atomic mass is 32.2. The van der Waals surface area contributed by atoms with Crippen molar-refractivity contribution >= 4 is 21.1 Å². The Morgan fingerprint density at radius 1 is 1.07 bits per heavy atom. The van der Waals surface area contributed by atoms with E-state index in [1.165, 1.54) is 0 Å². The van der Waals surface area contributed by atoms with E-state index in [1.54, 1.807) is 29.2 Å². The number of aromatic nitrogens is 4. The minimum absolute atomic E-state index is 0.0565. The maximum absolute atomic E-state index is 13.0. The summed E-state index contributed by atoms with van der Waals surface area (Å²) in [6.07, 6.45) is 6.61. The van der Waals surface area contributed by atoms with Crippen molar-refractivity contribution in [2.75, 3.05) is 6.61 Å². The summed E-state index contributed by atoms with van der Waals surface area (Å²) in [6, 6.07) is 15.9. The van der Waals surface area contributed by atoms with Crippen molar-refractivity contribution < 1.29 is 26.7 Å². The van der Waals surface area contributed by atoms with E-state index < -0.39 is 21.6 Å². The highest BCUT2D eigenvalue weighted by Crippen LogP contribution is 2.40. The number of aromatic amines is 1. The number of nitrogens with one attached hydrogen (secondary N) is 2. The summed E-state index contributed by atoms with van der Waals surface area (Å²) in [5, 5.41) is 15.0. The van der Waals surface area contributed by atoms with Gasteiger partial charge in [-0.2, -0.15) is 23.0 Å². The quantitative estimate of drug-likeness (QED) is 0.255. The molecule has 1 aliphatic rings. The number of aliphatic hydroxyl groups is 1. The van der Waals surface area contributed by atoms with E-state index in [0.29, 0.717) is 29.7 Å². The number of alkyl halides is 3. The van der Waals surface area contributed by atoms with Crippen LogP contribution in [0, 0.1) is 0 Å². The van der Waals surface area contributed by atoms with Crippen molar-refractivity contribution in [3.8, 4) is 28.1 Å². The number of sulfonamides is 1. The second-order valence-electron chi connectivity index (χ2n) is 9.65. The number of benzene rings is 2. The van der Waals surface area contributed by atoms with Gasteiger partial charge in [0, 0.05) is 47.8 Å². The molecule has 12 heteroatoms. The normalized spacial score (nSPS) is 15.6. The lowest BCUT2D eigenvalue weighted by Gasteiger charge is -2.16. The SMILES string of the molecule is O=S(=O)(NC1CCc2cc(-c3cn(-c4ccc(CCO)cc4)nc3-c3ccnc4[nH]ccc34)ccc21)C(F)(F)F. The third kappa shape index (κ3) is 4.67. The van der Waals surface area contributed by atoms with Gasteiger partial charge in [0.2, 0.25) is 0 Å². The predicted molar refractivity (Wildman–Crippen MR) is 144 cm³/mol. The molecule has 1 aliphatic carbocycles. The lowest BCUT2D eigenvalue weighted by Crippen LogP contribution is -2.38. The van der Waals surface area contributed by atoms with E-state index in [9.17, 15) is 26.7 Å². The Morgan fingerprint density at radius 2 is 1.88 bits per heavy atom. The van der Waals surface area contributed by atoms with Crippen LogP contribution in [0.2, 0.25) is 0 Å². The van der Waals surface area contributed by atoms with Crippen molar-refractivity contribution in [2.45, 2.75) is 30.8 Å². The molecule has 0 amide bonds. The number of hydrogen-bond donors (Lipinski definition) is 3. The van der Waals surface area contributed by atoms with Crippen LogP contribution in [-0.2, 0) is 22.9 Å².